The number of hydrogen-bond acceptors (Lipinski definition) is 6. The maximum Gasteiger partial charge on any atom is 0.416 e. The molecule has 0 saturated heterocycles. The molecule has 0 saturated carbocycles. The standard InChI is InChI=1S/C29H22F3N7O/c30-29(31,32)20-10-11-24-25(14-20)37-28(36-24)38-13-12-23-22(17-38)26(40)39(21-8-2-1-3-9-21)27(35-23)34-16-19-7-5-4-6-18(19)15-33/h1-11,14H,12-13,16-17H2,(H,34,35)(H,36,37). The molecule has 0 bridgehead atoms. The summed E-state index contributed by atoms with van der Waals surface area (Å²) in [5.74, 6) is 0.750. The van der Waals surface area contributed by atoms with E-state index in [1.54, 1.807) is 12.1 Å². The molecule has 0 fully saturated rings. The topological polar surface area (TPSA) is 103 Å². The Morgan fingerprint density at radius 3 is 2.58 bits per heavy atom. The van der Waals surface area contributed by atoms with Gasteiger partial charge in [0.1, 0.15) is 0 Å². The van der Waals surface area contributed by atoms with Gasteiger partial charge >= 0.3 is 6.18 Å². The number of nitrogens with one attached hydrogen (secondary N) is 2. The van der Waals surface area contributed by atoms with Gasteiger partial charge in [-0.05, 0) is 42.0 Å². The Hall–Kier alpha value is -5.11. The maximum atomic E-state index is 13.9. The molecular weight excluding hydrogens is 519 g/mol. The summed E-state index contributed by atoms with van der Waals surface area (Å²) >= 11 is 0. The number of anilines is 2. The summed E-state index contributed by atoms with van der Waals surface area (Å²) in [5.41, 5.74) is 2.72. The van der Waals surface area contributed by atoms with Crippen molar-refractivity contribution in [1.29, 1.82) is 5.26 Å². The molecule has 1 aliphatic rings. The lowest BCUT2D eigenvalue weighted by Gasteiger charge is -2.28. The Balaban J connectivity index is 1.36. The fourth-order valence-electron chi connectivity index (χ4n) is 4.87. The van der Waals surface area contributed by atoms with Gasteiger partial charge in [0, 0.05) is 19.5 Å². The van der Waals surface area contributed by atoms with E-state index in [4.69, 9.17) is 4.98 Å². The number of imidazole rings is 1. The molecule has 0 unspecified atom stereocenters. The molecule has 5 aromatic rings. The SMILES string of the molecule is N#Cc1ccccc1CNc1nc2c(c(=O)n1-c1ccccc1)CN(c1nc3ccc(C(F)(F)F)cc3[nH]1)CC2. The van der Waals surface area contributed by atoms with Crippen LogP contribution in [0.4, 0.5) is 25.1 Å². The minimum absolute atomic E-state index is 0.192. The Morgan fingerprint density at radius 2 is 1.80 bits per heavy atom. The lowest BCUT2D eigenvalue weighted by atomic mass is 10.1. The number of aromatic nitrogens is 4. The highest BCUT2D eigenvalue weighted by atomic mass is 19.4. The maximum absolute atomic E-state index is 13.9. The Bertz CT molecular complexity index is 1820. The van der Waals surface area contributed by atoms with Crippen molar-refractivity contribution in [2.24, 2.45) is 0 Å². The quantitative estimate of drug-likeness (QED) is 0.318. The number of nitrogens with zero attached hydrogens (tertiary/aromatic N) is 5. The molecule has 8 nitrogen and oxygen atoms in total. The van der Waals surface area contributed by atoms with Crippen LogP contribution in [0.2, 0.25) is 0 Å². The van der Waals surface area contributed by atoms with Gasteiger partial charge in [0.2, 0.25) is 11.9 Å². The van der Waals surface area contributed by atoms with Crippen molar-refractivity contribution >= 4 is 22.9 Å². The average molecular weight is 542 g/mol. The average Bonchev–Trinajstić information content (AvgIpc) is 3.40. The molecule has 0 aliphatic carbocycles. The molecule has 0 amide bonds. The largest absolute Gasteiger partial charge is 0.416 e. The molecule has 1 aliphatic heterocycles. The fourth-order valence-corrected chi connectivity index (χ4v) is 4.87. The van der Waals surface area contributed by atoms with Crippen LogP contribution in [0, 0.1) is 11.3 Å². The molecule has 0 radical (unpaired) electrons. The molecule has 3 heterocycles. The summed E-state index contributed by atoms with van der Waals surface area (Å²) in [6.07, 6.45) is -4.02. The van der Waals surface area contributed by atoms with Gasteiger partial charge in [-0.2, -0.15) is 18.4 Å². The molecule has 200 valence electrons. The van der Waals surface area contributed by atoms with Crippen LogP contribution in [-0.2, 0) is 25.7 Å². The smallest absolute Gasteiger partial charge is 0.351 e. The van der Waals surface area contributed by atoms with Gasteiger partial charge in [0.15, 0.2) is 0 Å². The van der Waals surface area contributed by atoms with E-state index < -0.39 is 11.7 Å². The number of alkyl halides is 3. The predicted molar refractivity (Wildman–Crippen MR) is 144 cm³/mol. The minimum atomic E-state index is -4.46. The number of benzene rings is 3. The zero-order valence-corrected chi connectivity index (χ0v) is 21.0. The number of nitriles is 1. The van der Waals surface area contributed by atoms with Crippen LogP contribution in [0.3, 0.4) is 0 Å². The molecule has 6 rings (SSSR count). The second-order valence-corrected chi connectivity index (χ2v) is 9.42. The third-order valence-corrected chi connectivity index (χ3v) is 6.92. The molecule has 2 N–H and O–H groups in total. The number of aromatic amines is 1. The van der Waals surface area contributed by atoms with Crippen LogP contribution in [0.25, 0.3) is 16.7 Å². The molecule has 3 aromatic carbocycles. The summed E-state index contributed by atoms with van der Waals surface area (Å²) in [5, 5.41) is 12.7. The van der Waals surface area contributed by atoms with E-state index in [1.807, 2.05) is 47.4 Å². The number of para-hydroxylation sites is 1. The molecular formula is C29H22F3N7O. The zero-order valence-electron chi connectivity index (χ0n) is 21.0. The van der Waals surface area contributed by atoms with Gasteiger partial charge in [0.05, 0.1) is 51.7 Å². The molecule has 11 heteroatoms. The van der Waals surface area contributed by atoms with Crippen molar-refractivity contribution in [3.63, 3.8) is 0 Å². The van der Waals surface area contributed by atoms with Crippen molar-refractivity contribution in [1.82, 2.24) is 19.5 Å². The summed E-state index contributed by atoms with van der Waals surface area (Å²) < 4.78 is 41.0. The number of hydrogen-bond donors (Lipinski definition) is 2. The molecule has 40 heavy (non-hydrogen) atoms. The third-order valence-electron chi connectivity index (χ3n) is 6.92. The fraction of sp³-hybridized carbons (Fsp3) is 0.172. The second-order valence-electron chi connectivity index (χ2n) is 9.42. The van der Waals surface area contributed by atoms with Crippen LogP contribution in [0.15, 0.2) is 77.6 Å². The second kappa shape index (κ2) is 9.89. The van der Waals surface area contributed by atoms with E-state index in [0.717, 1.165) is 17.7 Å². The van der Waals surface area contributed by atoms with E-state index in [-0.39, 0.29) is 17.6 Å². The third kappa shape index (κ3) is 4.64. The number of halogens is 3. The van der Waals surface area contributed by atoms with Gasteiger partial charge in [0.25, 0.3) is 5.56 Å². The van der Waals surface area contributed by atoms with Gasteiger partial charge in [-0.3, -0.25) is 4.79 Å². The zero-order chi connectivity index (χ0) is 27.9. The Labute approximate surface area is 226 Å². The normalized spacial score (nSPS) is 13.2. The number of fused-ring (bicyclic) bond motifs is 2. The van der Waals surface area contributed by atoms with Crippen molar-refractivity contribution < 1.29 is 13.2 Å². The number of H-pyrrole nitrogens is 1. The van der Waals surface area contributed by atoms with Crippen LogP contribution in [0.5, 0.6) is 0 Å². The van der Waals surface area contributed by atoms with Crippen molar-refractivity contribution in [2.45, 2.75) is 25.7 Å². The lowest BCUT2D eigenvalue weighted by Crippen LogP contribution is -2.39. The summed E-state index contributed by atoms with van der Waals surface area (Å²) in [7, 11) is 0. The molecule has 2 aromatic heterocycles. The monoisotopic (exact) mass is 541 g/mol. The van der Waals surface area contributed by atoms with Gasteiger partial charge < -0.3 is 15.2 Å². The van der Waals surface area contributed by atoms with E-state index in [0.29, 0.717) is 59.4 Å². The van der Waals surface area contributed by atoms with E-state index in [9.17, 15) is 23.2 Å². The van der Waals surface area contributed by atoms with Gasteiger partial charge in [-0.15, -0.1) is 0 Å². The van der Waals surface area contributed by atoms with Crippen molar-refractivity contribution in [2.75, 3.05) is 16.8 Å². The van der Waals surface area contributed by atoms with E-state index in [2.05, 4.69) is 21.4 Å². The summed E-state index contributed by atoms with van der Waals surface area (Å²) in [6, 6.07) is 21.9. The Morgan fingerprint density at radius 1 is 1.02 bits per heavy atom. The highest BCUT2D eigenvalue weighted by Gasteiger charge is 2.31. The lowest BCUT2D eigenvalue weighted by molar-refractivity contribution is -0.137. The first-order valence-corrected chi connectivity index (χ1v) is 12.6. The first kappa shape index (κ1) is 25.2. The predicted octanol–water partition coefficient (Wildman–Crippen LogP) is 5.17. The van der Waals surface area contributed by atoms with Gasteiger partial charge in [-0.25, -0.2) is 14.5 Å². The van der Waals surface area contributed by atoms with Gasteiger partial charge in [-0.1, -0.05) is 36.4 Å². The van der Waals surface area contributed by atoms with E-state index >= 15 is 0 Å². The van der Waals surface area contributed by atoms with Crippen LogP contribution >= 0.6 is 0 Å². The summed E-state index contributed by atoms with van der Waals surface area (Å²) in [4.78, 5) is 28.0. The molecule has 0 atom stereocenters. The van der Waals surface area contributed by atoms with Crippen molar-refractivity contribution in [3.8, 4) is 11.8 Å². The molecule has 0 spiro atoms. The number of rotatable bonds is 5. The van der Waals surface area contributed by atoms with Crippen LogP contribution < -0.4 is 15.8 Å². The van der Waals surface area contributed by atoms with Crippen LogP contribution in [-0.4, -0.2) is 26.1 Å². The highest BCUT2D eigenvalue weighted by molar-refractivity contribution is 5.78. The Kier molecular flexibility index (Phi) is 6.23. The van der Waals surface area contributed by atoms with Crippen molar-refractivity contribution in [3.05, 3.63) is 111 Å². The first-order valence-electron chi connectivity index (χ1n) is 12.6. The first-order chi connectivity index (χ1) is 19.3. The van der Waals surface area contributed by atoms with E-state index in [1.165, 1.54) is 10.6 Å². The van der Waals surface area contributed by atoms with Crippen LogP contribution in [0.1, 0.15) is 27.9 Å². The summed E-state index contributed by atoms with van der Waals surface area (Å²) in [6.45, 7) is 0.960. The minimum Gasteiger partial charge on any atom is -0.351 e. The highest BCUT2D eigenvalue weighted by Crippen LogP contribution is 2.32.